The van der Waals surface area contributed by atoms with E-state index in [2.05, 4.69) is 38.3 Å². The SMILES string of the molecule is CC(C)(C)[C@@H]1C[C@]2(C)NC(=O)CCCC[C@@H]2N1. The Bertz CT molecular complexity index is 308. The molecule has 0 aromatic heterocycles. The van der Waals surface area contributed by atoms with Gasteiger partial charge in [-0.15, -0.1) is 0 Å². The first-order valence-corrected chi connectivity index (χ1v) is 6.88. The molecule has 2 heterocycles. The molecule has 3 nitrogen and oxygen atoms in total. The van der Waals surface area contributed by atoms with Gasteiger partial charge in [-0.2, -0.15) is 0 Å². The van der Waals surface area contributed by atoms with Crippen molar-refractivity contribution in [2.75, 3.05) is 0 Å². The van der Waals surface area contributed by atoms with Crippen LogP contribution in [0.15, 0.2) is 0 Å². The average molecular weight is 238 g/mol. The maximum Gasteiger partial charge on any atom is 0.220 e. The van der Waals surface area contributed by atoms with E-state index in [4.69, 9.17) is 0 Å². The van der Waals surface area contributed by atoms with Gasteiger partial charge in [0.05, 0.1) is 5.54 Å². The van der Waals surface area contributed by atoms with E-state index in [-0.39, 0.29) is 16.9 Å². The fourth-order valence-electron chi connectivity index (χ4n) is 3.16. The fraction of sp³-hybridized carbons (Fsp3) is 0.929. The van der Waals surface area contributed by atoms with E-state index in [9.17, 15) is 4.79 Å². The Balaban J connectivity index is 2.15. The van der Waals surface area contributed by atoms with Crippen molar-refractivity contribution < 1.29 is 4.79 Å². The largest absolute Gasteiger partial charge is 0.349 e. The molecular formula is C14H26N2O. The maximum atomic E-state index is 11.8. The van der Waals surface area contributed by atoms with E-state index in [1.807, 2.05) is 0 Å². The molecule has 0 aromatic carbocycles. The van der Waals surface area contributed by atoms with Gasteiger partial charge < -0.3 is 10.6 Å². The van der Waals surface area contributed by atoms with Crippen LogP contribution in [0.2, 0.25) is 0 Å². The van der Waals surface area contributed by atoms with Crippen LogP contribution in [-0.4, -0.2) is 23.5 Å². The first kappa shape index (κ1) is 12.9. The summed E-state index contributed by atoms with van der Waals surface area (Å²) in [6, 6.07) is 0.937. The number of nitrogens with one attached hydrogen (secondary N) is 2. The zero-order chi connectivity index (χ0) is 12.7. The average Bonchev–Trinajstić information content (AvgIpc) is 2.47. The van der Waals surface area contributed by atoms with E-state index in [1.54, 1.807) is 0 Å². The molecule has 0 aliphatic carbocycles. The van der Waals surface area contributed by atoms with Crippen molar-refractivity contribution in [1.29, 1.82) is 0 Å². The van der Waals surface area contributed by atoms with Gasteiger partial charge in [0, 0.05) is 18.5 Å². The summed E-state index contributed by atoms with van der Waals surface area (Å²) in [5.41, 5.74) is 0.213. The lowest BCUT2D eigenvalue weighted by Gasteiger charge is -2.34. The molecule has 2 N–H and O–H groups in total. The minimum atomic E-state index is -0.0462. The molecule has 0 spiro atoms. The van der Waals surface area contributed by atoms with Crippen molar-refractivity contribution in [2.45, 2.75) is 77.4 Å². The number of hydrogen-bond acceptors (Lipinski definition) is 2. The van der Waals surface area contributed by atoms with Crippen LogP contribution in [0.3, 0.4) is 0 Å². The molecule has 3 heteroatoms. The van der Waals surface area contributed by atoms with Crippen LogP contribution in [0, 0.1) is 5.41 Å². The Morgan fingerprint density at radius 2 is 2.00 bits per heavy atom. The summed E-state index contributed by atoms with van der Waals surface area (Å²) in [5, 5.41) is 7.00. The van der Waals surface area contributed by atoms with Crippen LogP contribution < -0.4 is 10.6 Å². The zero-order valence-corrected chi connectivity index (χ0v) is 11.6. The van der Waals surface area contributed by atoms with Crippen LogP contribution in [0.1, 0.15) is 59.8 Å². The third kappa shape index (κ3) is 2.65. The molecule has 0 aromatic rings. The monoisotopic (exact) mass is 238 g/mol. The predicted molar refractivity (Wildman–Crippen MR) is 69.8 cm³/mol. The van der Waals surface area contributed by atoms with Gasteiger partial charge in [-0.05, 0) is 31.6 Å². The topological polar surface area (TPSA) is 41.1 Å². The summed E-state index contributed by atoms with van der Waals surface area (Å²) >= 11 is 0. The lowest BCUT2D eigenvalue weighted by Crippen LogP contribution is -2.54. The summed E-state index contributed by atoms with van der Waals surface area (Å²) in [7, 11) is 0. The smallest absolute Gasteiger partial charge is 0.220 e. The lowest BCUT2D eigenvalue weighted by atomic mass is 9.80. The molecule has 0 unspecified atom stereocenters. The molecule has 1 amide bonds. The van der Waals surface area contributed by atoms with Crippen molar-refractivity contribution in [2.24, 2.45) is 5.41 Å². The van der Waals surface area contributed by atoms with Crippen LogP contribution in [0.4, 0.5) is 0 Å². The van der Waals surface area contributed by atoms with Crippen LogP contribution in [0.25, 0.3) is 0 Å². The van der Waals surface area contributed by atoms with Gasteiger partial charge >= 0.3 is 0 Å². The number of amides is 1. The molecule has 0 saturated carbocycles. The van der Waals surface area contributed by atoms with Crippen LogP contribution in [0.5, 0.6) is 0 Å². The molecule has 2 aliphatic rings. The third-order valence-electron chi connectivity index (χ3n) is 4.42. The molecule has 2 aliphatic heterocycles. The number of hydrogen-bond donors (Lipinski definition) is 2. The Kier molecular flexibility index (Phi) is 3.23. The van der Waals surface area contributed by atoms with E-state index >= 15 is 0 Å². The van der Waals surface area contributed by atoms with Gasteiger partial charge in [0.2, 0.25) is 5.91 Å². The van der Waals surface area contributed by atoms with Crippen molar-refractivity contribution in [3.8, 4) is 0 Å². The molecule has 2 rings (SSSR count). The highest BCUT2D eigenvalue weighted by atomic mass is 16.1. The summed E-state index contributed by atoms with van der Waals surface area (Å²) in [5.74, 6) is 0.230. The Labute approximate surface area is 105 Å². The first-order chi connectivity index (χ1) is 7.81. The minimum absolute atomic E-state index is 0.0462. The summed E-state index contributed by atoms with van der Waals surface area (Å²) in [6.07, 6.45) is 5.12. The van der Waals surface area contributed by atoms with Crippen LogP contribution >= 0.6 is 0 Å². The van der Waals surface area contributed by atoms with Crippen molar-refractivity contribution >= 4 is 5.91 Å². The van der Waals surface area contributed by atoms with Gasteiger partial charge in [0.25, 0.3) is 0 Å². The van der Waals surface area contributed by atoms with E-state index in [0.717, 1.165) is 19.3 Å². The highest BCUT2D eigenvalue weighted by Crippen LogP contribution is 2.37. The summed E-state index contributed by atoms with van der Waals surface area (Å²) < 4.78 is 0. The third-order valence-corrected chi connectivity index (χ3v) is 4.42. The van der Waals surface area contributed by atoms with Gasteiger partial charge in [-0.1, -0.05) is 27.2 Å². The van der Waals surface area contributed by atoms with E-state index in [0.29, 0.717) is 18.5 Å². The number of carbonyl (C=O) groups excluding carboxylic acids is 1. The first-order valence-electron chi connectivity index (χ1n) is 6.88. The zero-order valence-electron chi connectivity index (χ0n) is 11.6. The van der Waals surface area contributed by atoms with Crippen LogP contribution in [-0.2, 0) is 4.79 Å². The maximum absolute atomic E-state index is 11.8. The predicted octanol–water partition coefficient (Wildman–Crippen LogP) is 2.21. The molecule has 2 fully saturated rings. The van der Waals surface area contributed by atoms with Gasteiger partial charge in [-0.3, -0.25) is 4.79 Å². The number of rotatable bonds is 0. The highest BCUT2D eigenvalue weighted by Gasteiger charge is 2.47. The number of carbonyl (C=O) groups is 1. The quantitative estimate of drug-likeness (QED) is 0.679. The molecule has 98 valence electrons. The second kappa shape index (κ2) is 4.27. The summed E-state index contributed by atoms with van der Waals surface area (Å²) in [6.45, 7) is 9.03. The lowest BCUT2D eigenvalue weighted by molar-refractivity contribution is -0.123. The number of fused-ring (bicyclic) bond motifs is 1. The van der Waals surface area contributed by atoms with Gasteiger partial charge in [-0.25, -0.2) is 0 Å². The van der Waals surface area contributed by atoms with E-state index < -0.39 is 0 Å². The van der Waals surface area contributed by atoms with Crippen molar-refractivity contribution in [3.05, 3.63) is 0 Å². The Morgan fingerprint density at radius 3 is 2.65 bits per heavy atom. The van der Waals surface area contributed by atoms with Gasteiger partial charge in [0.15, 0.2) is 0 Å². The molecule has 0 radical (unpaired) electrons. The molecule has 2 saturated heterocycles. The Hall–Kier alpha value is -0.570. The van der Waals surface area contributed by atoms with E-state index in [1.165, 1.54) is 6.42 Å². The molecular weight excluding hydrogens is 212 g/mol. The van der Waals surface area contributed by atoms with Gasteiger partial charge in [0.1, 0.15) is 0 Å². The Morgan fingerprint density at radius 1 is 1.29 bits per heavy atom. The standard InChI is InChI=1S/C14H26N2O/c1-13(2,3)11-9-14(4)10(15-11)7-5-6-8-12(17)16-14/h10-11,15H,5-9H2,1-4H3,(H,16,17)/t10-,11-,14-/m0/s1. The minimum Gasteiger partial charge on any atom is -0.349 e. The molecule has 3 atom stereocenters. The second-order valence-electron chi connectivity index (χ2n) is 7.05. The van der Waals surface area contributed by atoms with Crippen molar-refractivity contribution in [3.63, 3.8) is 0 Å². The second-order valence-corrected chi connectivity index (χ2v) is 7.05. The fourth-order valence-corrected chi connectivity index (χ4v) is 3.16. The molecule has 17 heavy (non-hydrogen) atoms. The normalized spacial score (nSPS) is 39.2. The molecule has 0 bridgehead atoms. The highest BCUT2D eigenvalue weighted by molar-refractivity contribution is 5.77. The van der Waals surface area contributed by atoms with Crippen molar-refractivity contribution in [1.82, 2.24) is 10.6 Å². The summed E-state index contributed by atoms with van der Waals surface area (Å²) in [4.78, 5) is 11.8.